The first kappa shape index (κ1) is 21.1. The van der Waals surface area contributed by atoms with Crippen LogP contribution in [0.5, 0.6) is 0 Å². The van der Waals surface area contributed by atoms with Crippen molar-refractivity contribution in [2.45, 2.75) is 46.6 Å². The summed E-state index contributed by atoms with van der Waals surface area (Å²) in [5.74, 6) is 1.47. The highest BCUT2D eigenvalue weighted by molar-refractivity contribution is 7.11. The van der Waals surface area contributed by atoms with Crippen molar-refractivity contribution in [2.24, 2.45) is 10.9 Å². The summed E-state index contributed by atoms with van der Waals surface area (Å²) in [5.41, 5.74) is 0. The third-order valence-corrected chi connectivity index (χ3v) is 5.85. The molecule has 1 unspecified atom stereocenters. The molecule has 7 heteroatoms. The molecule has 1 aliphatic rings. The van der Waals surface area contributed by atoms with Crippen LogP contribution in [0.15, 0.2) is 11.2 Å². The van der Waals surface area contributed by atoms with E-state index < -0.39 is 0 Å². The van der Waals surface area contributed by atoms with Crippen LogP contribution in [0.1, 0.15) is 37.6 Å². The number of hydrogen-bond donors (Lipinski definition) is 2. The van der Waals surface area contributed by atoms with Crippen molar-refractivity contribution in [3.05, 3.63) is 16.1 Å². The van der Waals surface area contributed by atoms with E-state index in [1.807, 2.05) is 17.5 Å². The van der Waals surface area contributed by atoms with E-state index in [1.54, 1.807) is 0 Å². The number of aryl methyl sites for hydroxylation is 1. The van der Waals surface area contributed by atoms with E-state index in [1.165, 1.54) is 9.88 Å². The fourth-order valence-corrected chi connectivity index (χ4v) is 3.96. The van der Waals surface area contributed by atoms with Crippen LogP contribution >= 0.6 is 11.3 Å². The van der Waals surface area contributed by atoms with Crippen molar-refractivity contribution < 1.29 is 4.74 Å². The van der Waals surface area contributed by atoms with Crippen LogP contribution in [0.25, 0.3) is 0 Å². The molecule has 1 atom stereocenters. The Kier molecular flexibility index (Phi) is 9.36. The molecule has 2 rings (SSSR count). The predicted molar refractivity (Wildman–Crippen MR) is 110 cm³/mol. The molecule has 26 heavy (non-hydrogen) atoms. The van der Waals surface area contributed by atoms with Crippen molar-refractivity contribution in [1.29, 1.82) is 0 Å². The summed E-state index contributed by atoms with van der Waals surface area (Å²) in [6.45, 7) is 15.0. The zero-order valence-corrected chi connectivity index (χ0v) is 17.6. The SMILES string of the molecule is CCNC(=NCC(C(C)C)N1CCOCC1)NCCc1ncc(CC)s1. The average Bonchev–Trinajstić information content (AvgIpc) is 3.10. The molecule has 0 aromatic carbocycles. The Morgan fingerprint density at radius 1 is 1.31 bits per heavy atom. The molecule has 0 spiro atoms. The van der Waals surface area contributed by atoms with Crippen molar-refractivity contribution in [3.63, 3.8) is 0 Å². The van der Waals surface area contributed by atoms with Gasteiger partial charge in [-0.15, -0.1) is 11.3 Å². The van der Waals surface area contributed by atoms with Crippen LogP contribution in [-0.2, 0) is 17.6 Å². The van der Waals surface area contributed by atoms with Crippen LogP contribution in [0, 0.1) is 5.92 Å². The highest BCUT2D eigenvalue weighted by atomic mass is 32.1. The van der Waals surface area contributed by atoms with Gasteiger partial charge in [-0.25, -0.2) is 4.98 Å². The second kappa shape index (κ2) is 11.5. The lowest BCUT2D eigenvalue weighted by atomic mass is 10.0. The molecule has 2 N–H and O–H groups in total. The summed E-state index contributed by atoms with van der Waals surface area (Å²) >= 11 is 1.81. The zero-order valence-electron chi connectivity index (χ0n) is 16.8. The normalized spacial score (nSPS) is 17.5. The van der Waals surface area contributed by atoms with Crippen molar-refractivity contribution in [3.8, 4) is 0 Å². The Balaban J connectivity index is 1.86. The van der Waals surface area contributed by atoms with Gasteiger partial charge in [0.25, 0.3) is 0 Å². The van der Waals surface area contributed by atoms with Crippen LogP contribution in [0.4, 0.5) is 0 Å². The number of aromatic nitrogens is 1. The predicted octanol–water partition coefficient (Wildman–Crippen LogP) is 2.16. The molecule has 0 radical (unpaired) electrons. The van der Waals surface area contributed by atoms with Gasteiger partial charge in [-0.05, 0) is 19.3 Å². The van der Waals surface area contributed by atoms with Crippen molar-refractivity contribution in [2.75, 3.05) is 45.9 Å². The Labute approximate surface area is 162 Å². The van der Waals surface area contributed by atoms with Gasteiger partial charge < -0.3 is 15.4 Å². The van der Waals surface area contributed by atoms with Crippen molar-refractivity contribution in [1.82, 2.24) is 20.5 Å². The number of guanidine groups is 1. The average molecular weight is 382 g/mol. The third-order valence-electron chi connectivity index (χ3n) is 4.65. The summed E-state index contributed by atoms with van der Waals surface area (Å²) in [6.07, 6.45) is 3.99. The minimum absolute atomic E-state index is 0.459. The molecule has 0 saturated carbocycles. The molecule has 1 fully saturated rings. The van der Waals surface area contributed by atoms with E-state index in [-0.39, 0.29) is 0 Å². The first-order chi connectivity index (χ1) is 12.6. The van der Waals surface area contributed by atoms with Gasteiger partial charge in [0.05, 0.1) is 24.8 Å². The second-order valence-electron chi connectivity index (χ2n) is 6.93. The Bertz CT molecular complexity index is 540. The van der Waals surface area contributed by atoms with Crippen LogP contribution in [0.2, 0.25) is 0 Å². The molecule has 6 nitrogen and oxygen atoms in total. The summed E-state index contributed by atoms with van der Waals surface area (Å²) in [4.78, 5) is 13.2. The van der Waals surface area contributed by atoms with Crippen molar-refractivity contribution >= 4 is 17.3 Å². The van der Waals surface area contributed by atoms with Crippen LogP contribution in [0.3, 0.4) is 0 Å². The largest absolute Gasteiger partial charge is 0.379 e. The number of ether oxygens (including phenoxy) is 1. The Morgan fingerprint density at radius 3 is 2.69 bits per heavy atom. The molecule has 0 aliphatic carbocycles. The summed E-state index contributed by atoms with van der Waals surface area (Å²) in [5, 5.41) is 8.01. The smallest absolute Gasteiger partial charge is 0.191 e. The van der Waals surface area contributed by atoms with Gasteiger partial charge in [0, 0.05) is 49.7 Å². The highest BCUT2D eigenvalue weighted by Crippen LogP contribution is 2.14. The first-order valence-electron chi connectivity index (χ1n) is 9.91. The van der Waals surface area contributed by atoms with Crippen LogP contribution in [-0.4, -0.2) is 67.8 Å². The monoisotopic (exact) mass is 381 g/mol. The maximum atomic E-state index is 5.49. The minimum Gasteiger partial charge on any atom is -0.379 e. The highest BCUT2D eigenvalue weighted by Gasteiger charge is 2.23. The first-order valence-corrected chi connectivity index (χ1v) is 10.7. The number of rotatable bonds is 9. The maximum Gasteiger partial charge on any atom is 0.191 e. The lowest BCUT2D eigenvalue weighted by Crippen LogP contribution is -2.48. The van der Waals surface area contributed by atoms with E-state index in [0.29, 0.717) is 12.0 Å². The molecule has 0 bridgehead atoms. The molecular formula is C19H35N5OS. The molecule has 1 aromatic heterocycles. The molecular weight excluding hydrogens is 346 g/mol. The van der Waals surface area contributed by atoms with Gasteiger partial charge >= 0.3 is 0 Å². The number of aliphatic imine (C=N–C) groups is 1. The quantitative estimate of drug-likeness (QED) is 0.507. The minimum atomic E-state index is 0.459. The van der Waals surface area contributed by atoms with Crippen LogP contribution < -0.4 is 10.6 Å². The topological polar surface area (TPSA) is 61.8 Å². The third kappa shape index (κ3) is 6.85. The van der Waals surface area contributed by atoms with Gasteiger partial charge in [-0.3, -0.25) is 9.89 Å². The summed E-state index contributed by atoms with van der Waals surface area (Å²) < 4.78 is 5.49. The number of nitrogens with zero attached hydrogens (tertiary/aromatic N) is 3. The van der Waals surface area contributed by atoms with Gasteiger partial charge in [-0.1, -0.05) is 20.8 Å². The summed E-state index contributed by atoms with van der Waals surface area (Å²) in [7, 11) is 0. The molecule has 0 amide bonds. The van der Waals surface area contributed by atoms with E-state index >= 15 is 0 Å². The van der Waals surface area contributed by atoms with E-state index in [4.69, 9.17) is 9.73 Å². The molecule has 1 aromatic rings. The fourth-order valence-electron chi connectivity index (χ4n) is 3.10. The molecule has 1 aliphatic heterocycles. The van der Waals surface area contributed by atoms with Gasteiger partial charge in [0.2, 0.25) is 0 Å². The fraction of sp³-hybridized carbons (Fsp3) is 0.789. The zero-order chi connectivity index (χ0) is 18.8. The molecule has 1 saturated heterocycles. The molecule has 2 heterocycles. The van der Waals surface area contributed by atoms with Gasteiger partial charge in [0.1, 0.15) is 0 Å². The second-order valence-corrected chi connectivity index (χ2v) is 8.13. The maximum absolute atomic E-state index is 5.49. The number of nitrogens with one attached hydrogen (secondary N) is 2. The van der Waals surface area contributed by atoms with E-state index in [9.17, 15) is 0 Å². The standard InChI is InChI=1S/C19H35N5OS/c1-5-16-13-22-18(26-16)7-8-21-19(20-6-2)23-14-17(15(3)4)24-9-11-25-12-10-24/h13,15,17H,5-12,14H2,1-4H3,(H2,20,21,23). The van der Waals surface area contributed by atoms with E-state index in [0.717, 1.165) is 64.7 Å². The Morgan fingerprint density at radius 2 is 2.08 bits per heavy atom. The summed E-state index contributed by atoms with van der Waals surface area (Å²) in [6, 6.07) is 0.459. The number of morpholine rings is 1. The molecule has 148 valence electrons. The lowest BCUT2D eigenvalue weighted by molar-refractivity contribution is 0.00867. The number of hydrogen-bond acceptors (Lipinski definition) is 5. The van der Waals surface area contributed by atoms with Gasteiger partial charge in [-0.2, -0.15) is 0 Å². The number of thiazole rings is 1. The Hall–Kier alpha value is -1.18. The lowest BCUT2D eigenvalue weighted by Gasteiger charge is -2.36. The van der Waals surface area contributed by atoms with E-state index in [2.05, 4.69) is 48.2 Å². The van der Waals surface area contributed by atoms with Gasteiger partial charge in [0.15, 0.2) is 5.96 Å².